The molecule has 0 radical (unpaired) electrons. The predicted octanol–water partition coefficient (Wildman–Crippen LogP) is 0.964. The normalized spacial score (nSPS) is 16.9. The van der Waals surface area contributed by atoms with Crippen molar-refractivity contribution >= 4 is 5.97 Å². The molecule has 1 aliphatic rings. The van der Waals surface area contributed by atoms with E-state index in [1.54, 1.807) is 0 Å². The van der Waals surface area contributed by atoms with Gasteiger partial charge in [0.1, 0.15) is 6.42 Å². The molecule has 1 aromatic heterocycles. The van der Waals surface area contributed by atoms with Crippen molar-refractivity contribution in [2.24, 2.45) is 0 Å². The summed E-state index contributed by atoms with van der Waals surface area (Å²) in [7, 11) is 0. The molecule has 0 amide bonds. The Balaban J connectivity index is 2.04. The van der Waals surface area contributed by atoms with Crippen LogP contribution >= 0.6 is 0 Å². The smallest absolute Gasteiger partial charge is 0.312 e. The van der Waals surface area contributed by atoms with E-state index >= 15 is 0 Å². The SMILES string of the molecule is O=C(O)Cc1nc(C2CCC2)no1. The molecule has 70 valence electrons. The molecule has 0 bridgehead atoms. The second-order valence-electron chi connectivity index (χ2n) is 3.24. The molecule has 0 atom stereocenters. The van der Waals surface area contributed by atoms with E-state index in [4.69, 9.17) is 9.63 Å². The van der Waals surface area contributed by atoms with Crippen LogP contribution < -0.4 is 0 Å². The molecule has 1 heterocycles. The molecule has 5 heteroatoms. The average Bonchev–Trinajstić information content (AvgIpc) is 2.31. The third-order valence-corrected chi connectivity index (χ3v) is 2.26. The molecule has 0 spiro atoms. The first kappa shape index (κ1) is 8.22. The van der Waals surface area contributed by atoms with Gasteiger partial charge in [-0.05, 0) is 12.8 Å². The molecule has 5 nitrogen and oxygen atoms in total. The second kappa shape index (κ2) is 3.16. The first-order valence-corrected chi connectivity index (χ1v) is 4.30. The van der Waals surface area contributed by atoms with E-state index < -0.39 is 5.97 Å². The van der Waals surface area contributed by atoms with Crippen LogP contribution in [0.15, 0.2) is 4.52 Å². The second-order valence-corrected chi connectivity index (χ2v) is 3.24. The lowest BCUT2D eigenvalue weighted by molar-refractivity contribution is -0.136. The summed E-state index contributed by atoms with van der Waals surface area (Å²) < 4.78 is 4.79. The Hall–Kier alpha value is -1.39. The lowest BCUT2D eigenvalue weighted by atomic mass is 9.85. The fraction of sp³-hybridized carbons (Fsp3) is 0.625. The number of aliphatic carboxylic acids is 1. The zero-order chi connectivity index (χ0) is 9.26. The van der Waals surface area contributed by atoms with E-state index in [9.17, 15) is 4.79 Å². The van der Waals surface area contributed by atoms with Crippen molar-refractivity contribution in [3.63, 3.8) is 0 Å². The highest BCUT2D eigenvalue weighted by molar-refractivity contribution is 5.68. The van der Waals surface area contributed by atoms with E-state index in [0.29, 0.717) is 11.7 Å². The summed E-state index contributed by atoms with van der Waals surface area (Å²) in [5.41, 5.74) is 0. The Morgan fingerprint density at radius 2 is 2.38 bits per heavy atom. The maximum Gasteiger partial charge on any atom is 0.312 e. The predicted molar refractivity (Wildman–Crippen MR) is 42.2 cm³/mol. The Bertz CT molecular complexity index is 317. The Morgan fingerprint density at radius 3 is 2.92 bits per heavy atom. The maximum atomic E-state index is 10.3. The summed E-state index contributed by atoms with van der Waals surface area (Å²) in [6.07, 6.45) is 3.20. The molecule has 1 aliphatic carbocycles. The van der Waals surface area contributed by atoms with Gasteiger partial charge in [-0.15, -0.1) is 0 Å². The number of rotatable bonds is 3. The molecule has 0 aliphatic heterocycles. The number of carboxylic acid groups (broad SMARTS) is 1. The minimum Gasteiger partial charge on any atom is -0.481 e. The number of aromatic nitrogens is 2. The van der Waals surface area contributed by atoms with Gasteiger partial charge in [0.25, 0.3) is 0 Å². The Kier molecular flexibility index (Phi) is 2.00. The molecular formula is C8H10N2O3. The van der Waals surface area contributed by atoms with Crippen molar-refractivity contribution < 1.29 is 14.4 Å². The summed E-state index contributed by atoms with van der Waals surface area (Å²) in [6.45, 7) is 0. The molecule has 13 heavy (non-hydrogen) atoms. The van der Waals surface area contributed by atoms with E-state index in [0.717, 1.165) is 12.8 Å². The van der Waals surface area contributed by atoms with E-state index in [-0.39, 0.29) is 12.3 Å². The highest BCUT2D eigenvalue weighted by Gasteiger charge is 2.24. The van der Waals surface area contributed by atoms with Crippen LogP contribution in [0.1, 0.15) is 36.9 Å². The maximum absolute atomic E-state index is 10.3. The number of carboxylic acids is 1. The molecule has 1 saturated carbocycles. The Labute approximate surface area is 74.8 Å². The van der Waals surface area contributed by atoms with Gasteiger partial charge in [-0.3, -0.25) is 4.79 Å². The van der Waals surface area contributed by atoms with Crippen LogP contribution in [0.5, 0.6) is 0 Å². The van der Waals surface area contributed by atoms with Gasteiger partial charge in [0.05, 0.1) is 0 Å². The van der Waals surface area contributed by atoms with Crippen molar-refractivity contribution in [3.05, 3.63) is 11.7 Å². The van der Waals surface area contributed by atoms with Crippen LogP contribution in [-0.4, -0.2) is 21.2 Å². The highest BCUT2D eigenvalue weighted by atomic mass is 16.5. The molecule has 1 fully saturated rings. The molecule has 0 aromatic carbocycles. The highest BCUT2D eigenvalue weighted by Crippen LogP contribution is 2.34. The number of hydrogen-bond donors (Lipinski definition) is 1. The Morgan fingerprint density at radius 1 is 1.62 bits per heavy atom. The van der Waals surface area contributed by atoms with Crippen LogP contribution in [0.3, 0.4) is 0 Å². The van der Waals surface area contributed by atoms with E-state index in [2.05, 4.69) is 10.1 Å². The first-order valence-electron chi connectivity index (χ1n) is 4.30. The lowest BCUT2D eigenvalue weighted by Crippen LogP contribution is -2.10. The van der Waals surface area contributed by atoms with Crippen LogP contribution in [0.2, 0.25) is 0 Å². The third kappa shape index (κ3) is 1.68. The van der Waals surface area contributed by atoms with Crippen LogP contribution in [0.4, 0.5) is 0 Å². The lowest BCUT2D eigenvalue weighted by Gasteiger charge is -2.20. The van der Waals surface area contributed by atoms with Gasteiger partial charge in [0.15, 0.2) is 5.82 Å². The van der Waals surface area contributed by atoms with E-state index in [1.807, 2.05) is 0 Å². The van der Waals surface area contributed by atoms with Crippen molar-refractivity contribution in [1.82, 2.24) is 10.1 Å². The van der Waals surface area contributed by atoms with Gasteiger partial charge >= 0.3 is 5.97 Å². The van der Waals surface area contributed by atoms with Gasteiger partial charge in [-0.2, -0.15) is 4.98 Å². The van der Waals surface area contributed by atoms with Gasteiger partial charge in [0, 0.05) is 5.92 Å². The first-order chi connectivity index (χ1) is 6.25. The number of carbonyl (C=O) groups is 1. The zero-order valence-corrected chi connectivity index (χ0v) is 7.06. The fourth-order valence-corrected chi connectivity index (χ4v) is 1.30. The summed E-state index contributed by atoms with van der Waals surface area (Å²) in [5, 5.41) is 12.2. The molecule has 0 saturated heterocycles. The quantitative estimate of drug-likeness (QED) is 0.753. The summed E-state index contributed by atoms with van der Waals surface area (Å²) in [6, 6.07) is 0. The fourth-order valence-electron chi connectivity index (χ4n) is 1.30. The van der Waals surface area contributed by atoms with Gasteiger partial charge < -0.3 is 9.63 Å². The summed E-state index contributed by atoms with van der Waals surface area (Å²) in [5.74, 6) is 0.326. The van der Waals surface area contributed by atoms with Crippen LogP contribution in [0, 0.1) is 0 Å². The topological polar surface area (TPSA) is 76.2 Å². The van der Waals surface area contributed by atoms with Gasteiger partial charge in [0.2, 0.25) is 5.89 Å². The van der Waals surface area contributed by atoms with E-state index in [1.165, 1.54) is 6.42 Å². The van der Waals surface area contributed by atoms with Crippen molar-refractivity contribution in [2.45, 2.75) is 31.6 Å². The third-order valence-electron chi connectivity index (χ3n) is 2.26. The monoisotopic (exact) mass is 182 g/mol. The summed E-state index contributed by atoms with van der Waals surface area (Å²) in [4.78, 5) is 14.3. The minimum atomic E-state index is -0.941. The number of nitrogens with zero attached hydrogens (tertiary/aromatic N) is 2. The van der Waals surface area contributed by atoms with Crippen molar-refractivity contribution in [2.75, 3.05) is 0 Å². The molecule has 1 aromatic rings. The van der Waals surface area contributed by atoms with Gasteiger partial charge in [-0.25, -0.2) is 0 Å². The molecule has 0 unspecified atom stereocenters. The minimum absolute atomic E-state index is 0.181. The summed E-state index contributed by atoms with van der Waals surface area (Å²) >= 11 is 0. The molecular weight excluding hydrogens is 172 g/mol. The largest absolute Gasteiger partial charge is 0.481 e. The zero-order valence-electron chi connectivity index (χ0n) is 7.06. The van der Waals surface area contributed by atoms with Crippen molar-refractivity contribution in [1.29, 1.82) is 0 Å². The average molecular weight is 182 g/mol. The molecule has 2 rings (SSSR count). The molecule has 1 N–H and O–H groups in total. The van der Waals surface area contributed by atoms with Crippen LogP contribution in [-0.2, 0) is 11.2 Å². The van der Waals surface area contributed by atoms with Crippen molar-refractivity contribution in [3.8, 4) is 0 Å². The number of hydrogen-bond acceptors (Lipinski definition) is 4. The standard InChI is InChI=1S/C8H10N2O3/c11-7(12)4-6-9-8(10-13-6)5-2-1-3-5/h5H,1-4H2,(H,11,12). The van der Waals surface area contributed by atoms with Crippen LogP contribution in [0.25, 0.3) is 0 Å². The van der Waals surface area contributed by atoms with Gasteiger partial charge in [-0.1, -0.05) is 11.6 Å².